The van der Waals surface area contributed by atoms with E-state index in [1.165, 1.54) is 11.8 Å². The number of hydrogen-bond acceptors (Lipinski definition) is 7. The van der Waals surface area contributed by atoms with Crippen LogP contribution in [0.15, 0.2) is 40.5 Å². The van der Waals surface area contributed by atoms with Crippen molar-refractivity contribution in [2.24, 2.45) is 5.16 Å². The van der Waals surface area contributed by atoms with Gasteiger partial charge in [0.05, 0.1) is 16.8 Å². The number of benzene rings is 1. The van der Waals surface area contributed by atoms with Gasteiger partial charge < -0.3 is 14.9 Å². The Morgan fingerprint density at radius 2 is 2.07 bits per heavy atom. The van der Waals surface area contributed by atoms with E-state index in [1.807, 2.05) is 64.6 Å². The first-order valence-electron chi connectivity index (χ1n) is 9.34. The highest BCUT2D eigenvalue weighted by molar-refractivity contribution is 7.99. The molecule has 0 saturated heterocycles. The molecule has 3 rings (SSSR count). The minimum absolute atomic E-state index is 0.203. The highest BCUT2D eigenvalue weighted by Gasteiger charge is 2.39. The Morgan fingerprint density at radius 1 is 1.31 bits per heavy atom. The monoisotopic (exact) mass is 433 g/mol. The Morgan fingerprint density at radius 3 is 2.69 bits per heavy atom. The number of aromatic nitrogens is 1. The van der Waals surface area contributed by atoms with E-state index in [1.54, 1.807) is 11.8 Å². The lowest BCUT2D eigenvalue weighted by Gasteiger charge is -2.28. The molecule has 2 heterocycles. The van der Waals surface area contributed by atoms with Crippen molar-refractivity contribution in [3.8, 4) is 5.75 Å². The fraction of sp³-hybridized carbons (Fsp3) is 0.476. The second kappa shape index (κ2) is 8.44. The number of nitrogens with one attached hydrogen (secondary N) is 1. The zero-order valence-electron chi connectivity index (χ0n) is 17.6. The predicted octanol–water partition coefficient (Wildman–Crippen LogP) is 4.47. The molecule has 0 fully saturated rings. The first-order chi connectivity index (χ1) is 13.6. The van der Waals surface area contributed by atoms with Crippen molar-refractivity contribution in [3.63, 3.8) is 0 Å². The van der Waals surface area contributed by atoms with E-state index >= 15 is 0 Å². The number of pyridine rings is 1. The SMILES string of the molecule is CSc1cnc2ccc(OC(SC)C(=O)NC(C)(C)C3=NOC(C)(C)C3)cc2c1. The second-order valence-electron chi connectivity index (χ2n) is 8.10. The van der Waals surface area contributed by atoms with Gasteiger partial charge in [0.1, 0.15) is 11.4 Å². The van der Waals surface area contributed by atoms with Crippen LogP contribution in [0.5, 0.6) is 5.75 Å². The van der Waals surface area contributed by atoms with Crippen LogP contribution in [-0.4, -0.2) is 45.7 Å². The number of carbonyl (C=O) groups excluding carboxylic acids is 1. The van der Waals surface area contributed by atoms with Crippen LogP contribution in [0.3, 0.4) is 0 Å². The summed E-state index contributed by atoms with van der Waals surface area (Å²) in [6.07, 6.45) is 6.38. The largest absolute Gasteiger partial charge is 0.470 e. The quantitative estimate of drug-likeness (QED) is 0.513. The normalized spacial score (nSPS) is 16.8. The molecule has 29 heavy (non-hydrogen) atoms. The van der Waals surface area contributed by atoms with Crippen molar-refractivity contribution in [1.29, 1.82) is 0 Å². The first-order valence-corrected chi connectivity index (χ1v) is 11.9. The lowest BCUT2D eigenvalue weighted by molar-refractivity contribution is -0.125. The maximum Gasteiger partial charge on any atom is 0.272 e. The van der Waals surface area contributed by atoms with Gasteiger partial charge in [-0.25, -0.2) is 0 Å². The van der Waals surface area contributed by atoms with Crippen molar-refractivity contribution >= 4 is 46.0 Å². The fourth-order valence-corrected chi connectivity index (χ4v) is 3.91. The summed E-state index contributed by atoms with van der Waals surface area (Å²) in [6.45, 7) is 7.81. The van der Waals surface area contributed by atoms with Gasteiger partial charge in [0.25, 0.3) is 5.91 Å². The van der Waals surface area contributed by atoms with E-state index in [0.29, 0.717) is 12.2 Å². The molecule has 6 nitrogen and oxygen atoms in total. The summed E-state index contributed by atoms with van der Waals surface area (Å²) in [5, 5.41) is 8.21. The number of oxime groups is 1. The van der Waals surface area contributed by atoms with Gasteiger partial charge >= 0.3 is 0 Å². The zero-order valence-corrected chi connectivity index (χ0v) is 19.2. The smallest absolute Gasteiger partial charge is 0.272 e. The van der Waals surface area contributed by atoms with Gasteiger partial charge in [-0.1, -0.05) is 5.16 Å². The van der Waals surface area contributed by atoms with Gasteiger partial charge in [-0.05, 0) is 64.5 Å². The molecule has 0 radical (unpaired) electrons. The molecule has 8 heteroatoms. The molecule has 1 unspecified atom stereocenters. The number of hydrogen-bond donors (Lipinski definition) is 1. The topological polar surface area (TPSA) is 72.8 Å². The zero-order chi connectivity index (χ0) is 21.2. The van der Waals surface area contributed by atoms with Crippen molar-refractivity contribution < 1.29 is 14.4 Å². The van der Waals surface area contributed by atoms with Crippen LogP contribution >= 0.6 is 23.5 Å². The molecule has 0 saturated carbocycles. The minimum atomic E-state index is -0.681. The van der Waals surface area contributed by atoms with Crippen molar-refractivity contribution in [2.75, 3.05) is 12.5 Å². The molecule has 0 aliphatic carbocycles. The average Bonchev–Trinajstić information content (AvgIpc) is 3.05. The Bertz CT molecular complexity index is 944. The highest BCUT2D eigenvalue weighted by atomic mass is 32.2. The number of nitrogens with zero attached hydrogens (tertiary/aromatic N) is 2. The van der Waals surface area contributed by atoms with Gasteiger partial charge in [-0.3, -0.25) is 9.78 Å². The van der Waals surface area contributed by atoms with Gasteiger partial charge in [0, 0.05) is 22.9 Å². The molecule has 1 amide bonds. The molecule has 1 atom stereocenters. The van der Waals surface area contributed by atoms with Gasteiger partial charge in [0.15, 0.2) is 0 Å². The summed E-state index contributed by atoms with van der Waals surface area (Å²) in [5.41, 5.74) is 0.0595. The molecule has 156 valence electrons. The average molecular weight is 434 g/mol. The second-order valence-corrected chi connectivity index (χ2v) is 9.87. The number of ether oxygens (including phenoxy) is 1. The maximum atomic E-state index is 12.9. The molecule has 1 N–H and O–H groups in total. The number of fused-ring (bicyclic) bond motifs is 1. The van der Waals surface area contributed by atoms with Crippen LogP contribution in [0.2, 0.25) is 0 Å². The standard InChI is InChI=1S/C21H27N3O3S2/c1-20(2)11-17(24-27-20)21(3,4)23-18(25)19(29-6)26-14-7-8-16-13(9-14)10-15(28-5)12-22-16/h7-10,12,19H,11H2,1-6H3,(H,23,25). The molecular formula is C21H27N3O3S2. The lowest BCUT2D eigenvalue weighted by Crippen LogP contribution is -2.53. The summed E-state index contributed by atoms with van der Waals surface area (Å²) in [5.74, 6) is 0.429. The van der Waals surface area contributed by atoms with Crippen molar-refractivity contribution in [3.05, 3.63) is 30.5 Å². The van der Waals surface area contributed by atoms with Gasteiger partial charge in [0.2, 0.25) is 5.44 Å². The maximum absolute atomic E-state index is 12.9. The number of amides is 1. The van der Waals surface area contributed by atoms with Gasteiger partial charge in [-0.2, -0.15) is 0 Å². The molecule has 1 aromatic heterocycles. The third kappa shape index (κ3) is 5.17. The molecule has 1 aliphatic heterocycles. The summed E-state index contributed by atoms with van der Waals surface area (Å²) in [6, 6.07) is 7.73. The summed E-state index contributed by atoms with van der Waals surface area (Å²) in [7, 11) is 0. The van der Waals surface area contributed by atoms with E-state index in [4.69, 9.17) is 9.57 Å². The first kappa shape index (κ1) is 21.8. The molecule has 0 spiro atoms. The van der Waals surface area contributed by atoms with Crippen LogP contribution in [-0.2, 0) is 9.63 Å². The van der Waals surface area contributed by atoms with Crippen molar-refractivity contribution in [1.82, 2.24) is 10.3 Å². The van der Waals surface area contributed by atoms with E-state index in [-0.39, 0.29) is 11.5 Å². The predicted molar refractivity (Wildman–Crippen MR) is 121 cm³/mol. The Hall–Kier alpha value is -1.93. The summed E-state index contributed by atoms with van der Waals surface area (Å²) in [4.78, 5) is 23.9. The van der Waals surface area contributed by atoms with Crippen molar-refractivity contribution in [2.45, 2.75) is 55.6 Å². The Kier molecular flexibility index (Phi) is 6.33. The number of thioether (sulfide) groups is 2. The van der Waals surface area contributed by atoms with Crippen LogP contribution < -0.4 is 10.1 Å². The fourth-order valence-electron chi connectivity index (χ4n) is 3.03. The number of carbonyl (C=O) groups is 1. The molecule has 2 aromatic rings. The van der Waals surface area contributed by atoms with Gasteiger partial charge in [-0.15, -0.1) is 23.5 Å². The molecular weight excluding hydrogens is 406 g/mol. The van der Waals surface area contributed by atoms with E-state index < -0.39 is 11.0 Å². The van der Waals surface area contributed by atoms with E-state index in [9.17, 15) is 4.79 Å². The third-order valence-electron chi connectivity index (χ3n) is 4.69. The highest BCUT2D eigenvalue weighted by Crippen LogP contribution is 2.28. The van der Waals surface area contributed by atoms with E-state index in [0.717, 1.165) is 21.5 Å². The third-order valence-corrected chi connectivity index (χ3v) is 6.12. The number of rotatable bonds is 7. The lowest BCUT2D eigenvalue weighted by atomic mass is 9.90. The van der Waals surface area contributed by atoms with Crippen LogP contribution in [0.1, 0.15) is 34.1 Å². The Labute approximate surface area is 180 Å². The molecule has 1 aliphatic rings. The summed E-state index contributed by atoms with van der Waals surface area (Å²) < 4.78 is 6.00. The molecule has 1 aromatic carbocycles. The minimum Gasteiger partial charge on any atom is -0.470 e. The van der Waals surface area contributed by atoms with Crippen LogP contribution in [0.4, 0.5) is 0 Å². The van der Waals surface area contributed by atoms with Crippen LogP contribution in [0.25, 0.3) is 10.9 Å². The Balaban J connectivity index is 1.72. The summed E-state index contributed by atoms with van der Waals surface area (Å²) >= 11 is 2.98. The molecule has 0 bridgehead atoms. The van der Waals surface area contributed by atoms with Crippen LogP contribution in [0, 0.1) is 0 Å². The van der Waals surface area contributed by atoms with E-state index in [2.05, 4.69) is 21.5 Å².